The van der Waals surface area contributed by atoms with Gasteiger partial charge in [0.1, 0.15) is 0 Å². The molecule has 0 unspecified atom stereocenters. The molecule has 0 bridgehead atoms. The first-order chi connectivity index (χ1) is 18.4. The normalized spacial score (nSPS) is 10.6. The SMILES string of the molecule is CCc1c(CNC(=O)CSC(C)=O)c(CC)c(CNC(=O)CSC(C)=O)c(CC)c1CNC(=O)CSC(C)=O. The Morgan fingerprint density at radius 2 is 0.692 bits per heavy atom. The molecule has 12 heteroatoms. The van der Waals surface area contributed by atoms with Crippen LogP contribution in [0.15, 0.2) is 0 Å². The lowest BCUT2D eigenvalue weighted by atomic mass is 9.83. The van der Waals surface area contributed by atoms with Crippen LogP contribution < -0.4 is 16.0 Å². The average Bonchev–Trinajstić information content (AvgIpc) is 2.89. The van der Waals surface area contributed by atoms with Gasteiger partial charge >= 0.3 is 0 Å². The highest BCUT2D eigenvalue weighted by molar-refractivity contribution is 8.14. The van der Waals surface area contributed by atoms with E-state index in [-0.39, 0.29) is 70.0 Å². The van der Waals surface area contributed by atoms with E-state index in [9.17, 15) is 28.8 Å². The molecule has 0 aliphatic rings. The highest BCUT2D eigenvalue weighted by Crippen LogP contribution is 2.31. The molecule has 0 spiro atoms. The zero-order chi connectivity index (χ0) is 29.5. The van der Waals surface area contributed by atoms with Gasteiger partial charge < -0.3 is 16.0 Å². The average molecular weight is 598 g/mol. The topological polar surface area (TPSA) is 139 Å². The number of amides is 3. The van der Waals surface area contributed by atoms with Crippen LogP contribution in [0.25, 0.3) is 0 Å². The third kappa shape index (κ3) is 12.2. The van der Waals surface area contributed by atoms with Gasteiger partial charge in [-0.1, -0.05) is 56.1 Å². The molecule has 0 aromatic heterocycles. The molecule has 9 nitrogen and oxygen atoms in total. The van der Waals surface area contributed by atoms with E-state index in [1.165, 1.54) is 20.8 Å². The van der Waals surface area contributed by atoms with E-state index < -0.39 is 0 Å². The molecule has 39 heavy (non-hydrogen) atoms. The summed E-state index contributed by atoms with van der Waals surface area (Å²) in [7, 11) is 0. The molecule has 3 N–H and O–H groups in total. The highest BCUT2D eigenvalue weighted by atomic mass is 32.2. The number of carbonyl (C=O) groups is 6. The van der Waals surface area contributed by atoms with Crippen molar-refractivity contribution in [2.45, 2.75) is 80.4 Å². The first-order valence-corrected chi connectivity index (χ1v) is 15.8. The van der Waals surface area contributed by atoms with E-state index in [1.54, 1.807) is 0 Å². The van der Waals surface area contributed by atoms with Crippen LogP contribution >= 0.6 is 35.3 Å². The molecule has 0 fully saturated rings. The van der Waals surface area contributed by atoms with E-state index in [0.29, 0.717) is 19.3 Å². The maximum atomic E-state index is 12.4. The van der Waals surface area contributed by atoms with Gasteiger partial charge in [-0.2, -0.15) is 0 Å². The van der Waals surface area contributed by atoms with E-state index in [2.05, 4.69) is 16.0 Å². The van der Waals surface area contributed by atoms with Crippen LogP contribution in [0.2, 0.25) is 0 Å². The molecule has 0 heterocycles. The van der Waals surface area contributed by atoms with Crippen molar-refractivity contribution in [3.05, 3.63) is 33.4 Å². The molecule has 0 saturated carbocycles. The summed E-state index contributed by atoms with van der Waals surface area (Å²) in [4.78, 5) is 71.2. The van der Waals surface area contributed by atoms with E-state index in [1.807, 2.05) is 20.8 Å². The molecular weight excluding hydrogens is 559 g/mol. The monoisotopic (exact) mass is 597 g/mol. The Bertz CT molecular complexity index is 937. The second-order valence-corrected chi connectivity index (χ2v) is 12.1. The Hall–Kier alpha value is -2.31. The number of thioether (sulfide) groups is 3. The summed E-state index contributed by atoms with van der Waals surface area (Å²) in [5, 5.41) is 8.36. The Kier molecular flexibility index (Phi) is 16.1. The number of nitrogens with one attached hydrogen (secondary N) is 3. The molecule has 0 aliphatic heterocycles. The molecule has 1 aromatic carbocycles. The van der Waals surface area contributed by atoms with Crippen LogP contribution in [0.3, 0.4) is 0 Å². The predicted octanol–water partition coefficient (Wildman–Crippen LogP) is 3.06. The third-order valence-corrected chi connectivity index (χ3v) is 8.29. The Balaban J connectivity index is 3.48. The van der Waals surface area contributed by atoms with E-state index in [4.69, 9.17) is 0 Å². The minimum atomic E-state index is -0.258. The first kappa shape index (κ1) is 34.7. The van der Waals surface area contributed by atoms with Crippen LogP contribution in [0.5, 0.6) is 0 Å². The van der Waals surface area contributed by atoms with Crippen molar-refractivity contribution in [2.75, 3.05) is 17.3 Å². The molecule has 216 valence electrons. The fourth-order valence-corrected chi connectivity index (χ4v) is 5.54. The van der Waals surface area contributed by atoms with Crippen molar-refractivity contribution < 1.29 is 28.8 Å². The summed E-state index contributed by atoms with van der Waals surface area (Å²) in [6.07, 6.45) is 1.97. The number of benzene rings is 1. The number of carbonyl (C=O) groups excluding carboxylic acids is 6. The van der Waals surface area contributed by atoms with Crippen molar-refractivity contribution >= 4 is 68.4 Å². The van der Waals surface area contributed by atoms with Gasteiger partial charge in [0.2, 0.25) is 17.7 Å². The molecule has 3 amide bonds. The van der Waals surface area contributed by atoms with Gasteiger partial charge in [0.25, 0.3) is 0 Å². The molecule has 0 atom stereocenters. The van der Waals surface area contributed by atoms with Crippen molar-refractivity contribution in [3.63, 3.8) is 0 Å². The van der Waals surface area contributed by atoms with Crippen molar-refractivity contribution in [1.29, 1.82) is 0 Å². The van der Waals surface area contributed by atoms with Crippen molar-refractivity contribution in [3.8, 4) is 0 Å². The molecule has 0 saturated heterocycles. The van der Waals surface area contributed by atoms with Gasteiger partial charge in [0.15, 0.2) is 15.3 Å². The van der Waals surface area contributed by atoms with Gasteiger partial charge in [-0.15, -0.1) is 0 Å². The fourth-order valence-electron chi connectivity index (χ4n) is 4.23. The highest BCUT2D eigenvalue weighted by Gasteiger charge is 2.22. The van der Waals surface area contributed by atoms with Crippen LogP contribution in [0.4, 0.5) is 0 Å². The van der Waals surface area contributed by atoms with Gasteiger partial charge in [-0.25, -0.2) is 0 Å². The van der Waals surface area contributed by atoms with E-state index in [0.717, 1.165) is 68.7 Å². The van der Waals surface area contributed by atoms with Crippen LogP contribution in [0.1, 0.15) is 74.9 Å². The summed E-state index contributed by atoms with van der Waals surface area (Å²) in [6, 6.07) is 0. The van der Waals surface area contributed by atoms with E-state index >= 15 is 0 Å². The molecule has 0 aliphatic carbocycles. The summed E-state index contributed by atoms with van der Waals surface area (Å²) >= 11 is 2.83. The second kappa shape index (κ2) is 18.1. The van der Waals surface area contributed by atoms with Gasteiger partial charge in [-0.05, 0) is 52.6 Å². The maximum Gasteiger partial charge on any atom is 0.230 e. The summed E-state index contributed by atoms with van der Waals surface area (Å²) < 4.78 is 0. The fraction of sp³-hybridized carbons (Fsp3) is 0.556. The minimum Gasteiger partial charge on any atom is -0.351 e. The van der Waals surface area contributed by atoms with Gasteiger partial charge in [0.05, 0.1) is 17.3 Å². The Labute approximate surface area is 243 Å². The molecule has 0 radical (unpaired) electrons. The molecule has 1 rings (SSSR count). The zero-order valence-corrected chi connectivity index (χ0v) is 26.0. The van der Waals surface area contributed by atoms with Crippen molar-refractivity contribution in [1.82, 2.24) is 16.0 Å². The number of hydrogen-bond acceptors (Lipinski definition) is 9. The Morgan fingerprint density at radius 3 is 0.872 bits per heavy atom. The molecular formula is C27H39N3O6S3. The van der Waals surface area contributed by atoms with Crippen LogP contribution in [-0.4, -0.2) is 50.3 Å². The lowest BCUT2D eigenvalue weighted by Crippen LogP contribution is -2.31. The maximum absolute atomic E-state index is 12.4. The third-order valence-electron chi connectivity index (χ3n) is 5.85. The number of hydrogen-bond donors (Lipinski definition) is 3. The first-order valence-electron chi connectivity index (χ1n) is 12.8. The summed E-state index contributed by atoms with van der Waals surface area (Å²) in [6.45, 7) is 11.0. The lowest BCUT2D eigenvalue weighted by molar-refractivity contribution is -0.119. The lowest BCUT2D eigenvalue weighted by Gasteiger charge is -2.26. The molecule has 1 aromatic rings. The predicted molar refractivity (Wildman–Crippen MR) is 160 cm³/mol. The van der Waals surface area contributed by atoms with Gasteiger partial charge in [-0.3, -0.25) is 28.8 Å². The van der Waals surface area contributed by atoms with Gasteiger partial charge in [0, 0.05) is 40.4 Å². The second-order valence-electron chi connectivity index (χ2n) is 8.60. The van der Waals surface area contributed by atoms with Crippen LogP contribution in [0, 0.1) is 0 Å². The summed E-state index contributed by atoms with van der Waals surface area (Å²) in [5.41, 5.74) is 5.86. The van der Waals surface area contributed by atoms with Crippen LogP contribution in [-0.2, 0) is 67.7 Å². The quantitative estimate of drug-likeness (QED) is 0.278. The minimum absolute atomic E-state index is 0.0265. The smallest absolute Gasteiger partial charge is 0.230 e. The Morgan fingerprint density at radius 1 is 0.462 bits per heavy atom. The largest absolute Gasteiger partial charge is 0.351 e. The zero-order valence-electron chi connectivity index (χ0n) is 23.5. The standard InChI is InChI=1S/C27H39N3O6S3/c1-7-19-22(10-28-25(34)13-37-16(4)31)20(8-2)24(12-30-27(36)15-39-18(6)33)21(9-3)23(19)11-29-26(35)14-38-17(5)32/h7-15H2,1-6H3,(H,28,34)(H,29,35)(H,30,36). The summed E-state index contributed by atoms with van der Waals surface area (Å²) in [5.74, 6) is -0.695. The number of rotatable bonds is 15. The van der Waals surface area contributed by atoms with Crippen molar-refractivity contribution in [2.24, 2.45) is 0 Å².